The van der Waals surface area contributed by atoms with Crippen LogP contribution in [0.1, 0.15) is 24.0 Å². The van der Waals surface area contributed by atoms with E-state index in [4.69, 9.17) is 4.74 Å². The number of carbonyl (C=O) groups is 2. The molecule has 2 amide bonds. The molecule has 136 valence electrons. The normalized spacial score (nSPS) is 15.9. The molecule has 0 unspecified atom stereocenters. The van der Waals surface area contributed by atoms with Crippen LogP contribution < -0.4 is 10.6 Å². The van der Waals surface area contributed by atoms with Gasteiger partial charge in [-0.05, 0) is 43.0 Å². The van der Waals surface area contributed by atoms with Crippen molar-refractivity contribution >= 4 is 17.5 Å². The van der Waals surface area contributed by atoms with Crippen molar-refractivity contribution in [2.24, 2.45) is 0 Å². The van der Waals surface area contributed by atoms with Gasteiger partial charge in [-0.25, -0.2) is 0 Å². The van der Waals surface area contributed by atoms with Crippen LogP contribution in [0, 0.1) is 6.92 Å². The summed E-state index contributed by atoms with van der Waals surface area (Å²) >= 11 is 0. The number of ether oxygens (including phenoxy) is 1. The molecule has 2 aromatic carbocycles. The van der Waals surface area contributed by atoms with Crippen molar-refractivity contribution in [3.8, 4) is 0 Å². The number of carbonyl (C=O) groups excluding carboxylic acids is 2. The molecule has 1 aliphatic rings. The van der Waals surface area contributed by atoms with E-state index in [1.807, 2.05) is 43.3 Å². The largest absolute Gasteiger partial charge is 0.381 e. The van der Waals surface area contributed by atoms with Crippen LogP contribution in [0.25, 0.3) is 0 Å². The van der Waals surface area contributed by atoms with E-state index in [9.17, 15) is 9.59 Å². The van der Waals surface area contributed by atoms with Crippen molar-refractivity contribution in [2.75, 3.05) is 25.1 Å². The Morgan fingerprint density at radius 1 is 1.00 bits per heavy atom. The highest BCUT2D eigenvalue weighted by Gasteiger charge is 2.35. The maximum atomic E-state index is 12.3. The predicted octanol–water partition coefficient (Wildman–Crippen LogP) is 2.80. The fraction of sp³-hybridized carbons (Fsp3) is 0.333. The zero-order chi connectivity index (χ0) is 18.4. The summed E-state index contributed by atoms with van der Waals surface area (Å²) in [6, 6.07) is 17.5. The lowest BCUT2D eigenvalue weighted by molar-refractivity contribution is -0.136. The Bertz CT molecular complexity index is 768. The molecule has 1 saturated heterocycles. The van der Waals surface area contributed by atoms with Gasteiger partial charge in [-0.3, -0.25) is 9.59 Å². The van der Waals surface area contributed by atoms with Crippen molar-refractivity contribution in [2.45, 2.75) is 25.2 Å². The van der Waals surface area contributed by atoms with Gasteiger partial charge in [-0.1, -0.05) is 42.5 Å². The Morgan fingerprint density at radius 2 is 1.73 bits per heavy atom. The first-order valence-electron chi connectivity index (χ1n) is 8.88. The fourth-order valence-corrected chi connectivity index (χ4v) is 3.36. The van der Waals surface area contributed by atoms with Crippen LogP contribution in [-0.2, 0) is 19.7 Å². The van der Waals surface area contributed by atoms with E-state index in [-0.39, 0.29) is 5.41 Å². The van der Waals surface area contributed by atoms with Crippen LogP contribution in [0.3, 0.4) is 0 Å². The number of benzene rings is 2. The molecule has 1 fully saturated rings. The highest BCUT2D eigenvalue weighted by molar-refractivity contribution is 6.39. The highest BCUT2D eigenvalue weighted by atomic mass is 16.5. The second-order valence-electron chi connectivity index (χ2n) is 6.77. The van der Waals surface area contributed by atoms with E-state index < -0.39 is 11.8 Å². The molecule has 26 heavy (non-hydrogen) atoms. The maximum Gasteiger partial charge on any atom is 0.313 e. The summed E-state index contributed by atoms with van der Waals surface area (Å²) in [5.74, 6) is -1.26. The number of aryl methyl sites for hydroxylation is 1. The predicted molar refractivity (Wildman–Crippen MR) is 101 cm³/mol. The number of anilines is 1. The molecule has 1 aliphatic heterocycles. The minimum Gasteiger partial charge on any atom is -0.381 e. The van der Waals surface area contributed by atoms with Crippen molar-refractivity contribution in [1.29, 1.82) is 0 Å². The van der Waals surface area contributed by atoms with E-state index >= 15 is 0 Å². The number of hydrogen-bond donors (Lipinski definition) is 2. The lowest BCUT2D eigenvalue weighted by Crippen LogP contribution is -2.47. The summed E-state index contributed by atoms with van der Waals surface area (Å²) in [5.41, 5.74) is 2.61. The summed E-state index contributed by atoms with van der Waals surface area (Å²) in [5, 5.41) is 5.47. The molecule has 0 radical (unpaired) electrons. The Kier molecular flexibility index (Phi) is 5.68. The Labute approximate surface area is 153 Å². The standard InChI is InChI=1S/C21H24N2O3/c1-16-6-5-9-18(14-16)23-20(25)19(24)22-15-21(10-12-26-13-11-21)17-7-3-2-4-8-17/h2-9,14H,10-13,15H2,1H3,(H,22,24)(H,23,25). The van der Waals surface area contributed by atoms with E-state index in [0.29, 0.717) is 25.4 Å². The van der Waals surface area contributed by atoms with Crippen LogP contribution in [-0.4, -0.2) is 31.6 Å². The minimum absolute atomic E-state index is 0.196. The molecule has 5 nitrogen and oxygen atoms in total. The summed E-state index contributed by atoms with van der Waals surface area (Å²) < 4.78 is 5.50. The first kappa shape index (κ1) is 18.1. The van der Waals surface area contributed by atoms with Crippen LogP contribution >= 0.6 is 0 Å². The molecule has 5 heteroatoms. The lowest BCUT2D eigenvalue weighted by Gasteiger charge is -2.37. The summed E-state index contributed by atoms with van der Waals surface area (Å²) in [6.45, 7) is 3.66. The summed E-state index contributed by atoms with van der Waals surface area (Å²) in [7, 11) is 0. The van der Waals surface area contributed by atoms with Gasteiger partial charge in [0.05, 0.1) is 0 Å². The van der Waals surface area contributed by atoms with Gasteiger partial charge in [0.15, 0.2) is 0 Å². The SMILES string of the molecule is Cc1cccc(NC(=O)C(=O)NCC2(c3ccccc3)CCOCC2)c1. The first-order valence-corrected chi connectivity index (χ1v) is 8.88. The van der Waals surface area contributed by atoms with Gasteiger partial charge in [-0.2, -0.15) is 0 Å². The zero-order valence-electron chi connectivity index (χ0n) is 15.0. The molecule has 0 spiro atoms. The molecule has 2 aromatic rings. The second kappa shape index (κ2) is 8.15. The van der Waals surface area contributed by atoms with Gasteiger partial charge >= 0.3 is 11.8 Å². The average molecular weight is 352 g/mol. The number of nitrogens with one attached hydrogen (secondary N) is 2. The van der Waals surface area contributed by atoms with Crippen molar-refractivity contribution in [3.63, 3.8) is 0 Å². The molecule has 0 atom stereocenters. The Morgan fingerprint density at radius 3 is 2.42 bits per heavy atom. The number of hydrogen-bond acceptors (Lipinski definition) is 3. The average Bonchev–Trinajstić information content (AvgIpc) is 2.67. The van der Waals surface area contributed by atoms with E-state index in [1.54, 1.807) is 6.07 Å². The van der Waals surface area contributed by atoms with Crippen LogP contribution in [0.4, 0.5) is 5.69 Å². The van der Waals surface area contributed by atoms with E-state index in [0.717, 1.165) is 18.4 Å². The third-order valence-corrected chi connectivity index (χ3v) is 4.91. The monoisotopic (exact) mass is 352 g/mol. The molecule has 1 heterocycles. The quantitative estimate of drug-likeness (QED) is 0.832. The molecule has 0 bridgehead atoms. The van der Waals surface area contributed by atoms with Crippen molar-refractivity contribution in [1.82, 2.24) is 5.32 Å². The van der Waals surface area contributed by atoms with Gasteiger partial charge in [0.1, 0.15) is 0 Å². The van der Waals surface area contributed by atoms with Gasteiger partial charge in [0.25, 0.3) is 0 Å². The smallest absolute Gasteiger partial charge is 0.313 e. The second-order valence-corrected chi connectivity index (χ2v) is 6.77. The van der Waals surface area contributed by atoms with Gasteiger partial charge in [-0.15, -0.1) is 0 Å². The van der Waals surface area contributed by atoms with Crippen LogP contribution in [0.15, 0.2) is 54.6 Å². The first-order chi connectivity index (χ1) is 12.6. The van der Waals surface area contributed by atoms with Crippen LogP contribution in [0.2, 0.25) is 0 Å². The van der Waals surface area contributed by atoms with E-state index in [2.05, 4.69) is 22.8 Å². The molecule has 2 N–H and O–H groups in total. The Balaban J connectivity index is 1.65. The number of amides is 2. The third kappa shape index (κ3) is 4.29. The molecule has 0 saturated carbocycles. The molecule has 0 aromatic heterocycles. The topological polar surface area (TPSA) is 67.4 Å². The summed E-state index contributed by atoms with van der Waals surface area (Å²) in [4.78, 5) is 24.5. The highest BCUT2D eigenvalue weighted by Crippen LogP contribution is 2.34. The maximum absolute atomic E-state index is 12.3. The minimum atomic E-state index is -0.647. The zero-order valence-corrected chi connectivity index (χ0v) is 15.0. The molecular formula is C21H24N2O3. The fourth-order valence-electron chi connectivity index (χ4n) is 3.36. The van der Waals surface area contributed by atoms with Gasteiger partial charge in [0, 0.05) is 30.9 Å². The van der Waals surface area contributed by atoms with E-state index in [1.165, 1.54) is 5.56 Å². The molecular weight excluding hydrogens is 328 g/mol. The molecule has 3 rings (SSSR count). The van der Waals surface area contributed by atoms with Gasteiger partial charge in [0.2, 0.25) is 0 Å². The third-order valence-electron chi connectivity index (χ3n) is 4.91. The number of rotatable bonds is 4. The van der Waals surface area contributed by atoms with Crippen molar-refractivity contribution < 1.29 is 14.3 Å². The lowest BCUT2D eigenvalue weighted by atomic mass is 9.74. The Hall–Kier alpha value is -2.66. The van der Waals surface area contributed by atoms with Crippen LogP contribution in [0.5, 0.6) is 0 Å². The summed E-state index contributed by atoms with van der Waals surface area (Å²) in [6.07, 6.45) is 1.63. The van der Waals surface area contributed by atoms with Crippen molar-refractivity contribution in [3.05, 3.63) is 65.7 Å². The van der Waals surface area contributed by atoms with Gasteiger partial charge < -0.3 is 15.4 Å². The molecule has 0 aliphatic carbocycles.